The Hall–Kier alpha value is -0.860. The van der Waals surface area contributed by atoms with Crippen LogP contribution >= 0.6 is 0 Å². The molecule has 0 aliphatic rings. The molecule has 0 radical (unpaired) electrons. The predicted octanol–water partition coefficient (Wildman–Crippen LogP) is 2.68. The van der Waals surface area contributed by atoms with E-state index in [0.29, 0.717) is 6.04 Å². The van der Waals surface area contributed by atoms with Crippen LogP contribution in [0.2, 0.25) is 0 Å². The van der Waals surface area contributed by atoms with Gasteiger partial charge in [-0.25, -0.2) is 0 Å². The summed E-state index contributed by atoms with van der Waals surface area (Å²) in [5.41, 5.74) is 2.72. The Bertz CT molecular complexity index is 305. The summed E-state index contributed by atoms with van der Waals surface area (Å²) in [7, 11) is 0. The second-order valence-electron chi connectivity index (χ2n) is 5.02. The van der Waals surface area contributed by atoms with Crippen LogP contribution in [0.5, 0.6) is 0 Å². The monoisotopic (exact) mass is 235 g/mol. The van der Waals surface area contributed by atoms with Gasteiger partial charge in [0.25, 0.3) is 0 Å². The number of benzene rings is 1. The fourth-order valence-electron chi connectivity index (χ4n) is 1.78. The maximum Gasteiger partial charge on any atom is 0.0524 e. The Morgan fingerprint density at radius 2 is 1.76 bits per heavy atom. The van der Waals surface area contributed by atoms with Gasteiger partial charge in [-0.05, 0) is 52.1 Å². The van der Waals surface area contributed by atoms with Gasteiger partial charge in [0, 0.05) is 6.04 Å². The first-order valence-corrected chi connectivity index (χ1v) is 6.55. The van der Waals surface area contributed by atoms with Crippen molar-refractivity contribution in [2.45, 2.75) is 52.2 Å². The van der Waals surface area contributed by atoms with Crippen molar-refractivity contribution in [1.29, 1.82) is 0 Å². The molecule has 0 unspecified atom stereocenters. The average Bonchev–Trinajstić information content (AvgIpc) is 2.28. The van der Waals surface area contributed by atoms with Crippen molar-refractivity contribution in [3.8, 4) is 0 Å². The molecule has 1 rings (SSSR count). The van der Waals surface area contributed by atoms with Crippen molar-refractivity contribution in [3.05, 3.63) is 35.4 Å². The van der Waals surface area contributed by atoms with Gasteiger partial charge < -0.3 is 10.4 Å². The molecule has 17 heavy (non-hydrogen) atoms. The molecule has 2 atom stereocenters. The van der Waals surface area contributed by atoms with Gasteiger partial charge in [0.05, 0.1) is 6.10 Å². The Kier molecular flexibility index (Phi) is 6.23. The van der Waals surface area contributed by atoms with E-state index in [1.807, 2.05) is 6.92 Å². The molecule has 0 amide bonds. The number of hydrogen-bond acceptors (Lipinski definition) is 2. The average molecular weight is 235 g/mol. The second-order valence-corrected chi connectivity index (χ2v) is 5.02. The fraction of sp³-hybridized carbons (Fsp3) is 0.600. The predicted molar refractivity (Wildman–Crippen MR) is 73.3 cm³/mol. The first kappa shape index (κ1) is 14.2. The van der Waals surface area contributed by atoms with Gasteiger partial charge >= 0.3 is 0 Å². The van der Waals surface area contributed by atoms with Gasteiger partial charge in [0.1, 0.15) is 0 Å². The topological polar surface area (TPSA) is 32.3 Å². The maximum atomic E-state index is 9.16. The molecule has 96 valence electrons. The van der Waals surface area contributed by atoms with Gasteiger partial charge in [-0.3, -0.25) is 0 Å². The van der Waals surface area contributed by atoms with Crippen LogP contribution in [0, 0.1) is 6.92 Å². The lowest BCUT2D eigenvalue weighted by molar-refractivity contribution is 0.182. The summed E-state index contributed by atoms with van der Waals surface area (Å²) in [6.45, 7) is 7.05. The molecule has 0 aliphatic heterocycles. The summed E-state index contributed by atoms with van der Waals surface area (Å²) < 4.78 is 0. The van der Waals surface area contributed by atoms with Gasteiger partial charge in [-0.2, -0.15) is 0 Å². The number of aliphatic hydroxyl groups is 1. The van der Waals surface area contributed by atoms with Crippen molar-refractivity contribution < 1.29 is 5.11 Å². The van der Waals surface area contributed by atoms with E-state index in [0.717, 1.165) is 25.8 Å². The van der Waals surface area contributed by atoms with Crippen molar-refractivity contribution in [2.24, 2.45) is 0 Å². The second kappa shape index (κ2) is 7.46. The zero-order chi connectivity index (χ0) is 12.7. The molecule has 2 N–H and O–H groups in total. The highest BCUT2D eigenvalue weighted by Gasteiger charge is 2.03. The molecular weight excluding hydrogens is 210 g/mol. The third-order valence-electron chi connectivity index (χ3n) is 3.04. The molecule has 1 aromatic carbocycles. The first-order chi connectivity index (χ1) is 8.08. The number of aryl methyl sites for hydroxylation is 2. The zero-order valence-corrected chi connectivity index (χ0v) is 11.2. The van der Waals surface area contributed by atoms with Crippen LogP contribution in [0.25, 0.3) is 0 Å². The summed E-state index contributed by atoms with van der Waals surface area (Å²) in [4.78, 5) is 0. The number of aliphatic hydroxyl groups excluding tert-OH is 1. The normalized spacial score (nSPS) is 14.6. The highest BCUT2D eigenvalue weighted by molar-refractivity contribution is 5.21. The lowest BCUT2D eigenvalue weighted by atomic mass is 10.0. The van der Waals surface area contributed by atoms with Gasteiger partial charge in [-0.1, -0.05) is 29.8 Å². The van der Waals surface area contributed by atoms with E-state index in [1.54, 1.807) is 0 Å². The SMILES string of the molecule is Cc1ccc(CC[C@H](C)NCC[C@@H](C)O)cc1. The lowest BCUT2D eigenvalue weighted by Crippen LogP contribution is -2.29. The number of hydrogen-bond donors (Lipinski definition) is 2. The molecule has 2 heteroatoms. The Balaban J connectivity index is 2.19. The van der Waals surface area contributed by atoms with Crippen LogP contribution in [0.15, 0.2) is 24.3 Å². The van der Waals surface area contributed by atoms with E-state index in [4.69, 9.17) is 5.11 Å². The van der Waals surface area contributed by atoms with E-state index < -0.39 is 0 Å². The largest absolute Gasteiger partial charge is 0.393 e. The molecule has 0 aromatic heterocycles. The summed E-state index contributed by atoms with van der Waals surface area (Å²) in [5, 5.41) is 12.6. The Morgan fingerprint density at radius 3 is 2.35 bits per heavy atom. The quantitative estimate of drug-likeness (QED) is 0.761. The highest BCUT2D eigenvalue weighted by atomic mass is 16.3. The van der Waals surface area contributed by atoms with Crippen molar-refractivity contribution in [1.82, 2.24) is 5.32 Å². The molecule has 0 aliphatic carbocycles. The van der Waals surface area contributed by atoms with Crippen LogP contribution in [-0.2, 0) is 6.42 Å². The lowest BCUT2D eigenvalue weighted by Gasteiger charge is -2.14. The van der Waals surface area contributed by atoms with Crippen LogP contribution in [0.4, 0.5) is 0 Å². The van der Waals surface area contributed by atoms with E-state index >= 15 is 0 Å². The fourth-order valence-corrected chi connectivity index (χ4v) is 1.78. The van der Waals surface area contributed by atoms with E-state index in [9.17, 15) is 0 Å². The minimum Gasteiger partial charge on any atom is -0.393 e. The molecule has 1 aromatic rings. The van der Waals surface area contributed by atoms with Gasteiger partial charge in [0.15, 0.2) is 0 Å². The zero-order valence-electron chi connectivity index (χ0n) is 11.2. The van der Waals surface area contributed by atoms with E-state index in [-0.39, 0.29) is 6.10 Å². The minimum atomic E-state index is -0.202. The highest BCUT2D eigenvalue weighted by Crippen LogP contribution is 2.07. The number of nitrogens with one attached hydrogen (secondary N) is 1. The van der Waals surface area contributed by atoms with Crippen LogP contribution < -0.4 is 5.32 Å². The first-order valence-electron chi connectivity index (χ1n) is 6.55. The summed E-state index contributed by atoms with van der Waals surface area (Å²) in [6.07, 6.45) is 2.88. The van der Waals surface area contributed by atoms with Crippen LogP contribution in [0.1, 0.15) is 37.8 Å². The molecule has 0 bridgehead atoms. The molecule has 0 saturated carbocycles. The van der Waals surface area contributed by atoms with Crippen molar-refractivity contribution in [3.63, 3.8) is 0 Å². The smallest absolute Gasteiger partial charge is 0.0524 e. The van der Waals surface area contributed by atoms with Crippen LogP contribution in [0.3, 0.4) is 0 Å². The van der Waals surface area contributed by atoms with Gasteiger partial charge in [-0.15, -0.1) is 0 Å². The van der Waals surface area contributed by atoms with Crippen LogP contribution in [-0.4, -0.2) is 23.8 Å². The molecule has 0 fully saturated rings. The third-order valence-corrected chi connectivity index (χ3v) is 3.04. The minimum absolute atomic E-state index is 0.202. The molecule has 0 heterocycles. The molecule has 0 spiro atoms. The molecular formula is C15H25NO. The number of rotatable bonds is 7. The van der Waals surface area contributed by atoms with Crippen molar-refractivity contribution in [2.75, 3.05) is 6.54 Å². The Morgan fingerprint density at radius 1 is 1.12 bits per heavy atom. The summed E-state index contributed by atoms with van der Waals surface area (Å²) >= 11 is 0. The van der Waals surface area contributed by atoms with Gasteiger partial charge in [0.2, 0.25) is 0 Å². The van der Waals surface area contributed by atoms with Crippen molar-refractivity contribution >= 4 is 0 Å². The molecule has 2 nitrogen and oxygen atoms in total. The van der Waals surface area contributed by atoms with E-state index in [1.165, 1.54) is 11.1 Å². The summed E-state index contributed by atoms with van der Waals surface area (Å²) in [6, 6.07) is 9.26. The maximum absolute atomic E-state index is 9.16. The summed E-state index contributed by atoms with van der Waals surface area (Å²) in [5.74, 6) is 0. The Labute approximate surface area is 105 Å². The third kappa shape index (κ3) is 6.44. The standard InChI is InChI=1S/C15H25NO/c1-12-4-7-15(8-5-12)9-6-13(2)16-11-10-14(3)17/h4-5,7-8,13-14,16-17H,6,9-11H2,1-3H3/t13-,14+/m0/s1. The molecule has 0 saturated heterocycles. The van der Waals surface area contributed by atoms with E-state index in [2.05, 4.69) is 43.4 Å².